The number of hydrogen-bond donors (Lipinski definition) is 2. The van der Waals surface area contributed by atoms with E-state index in [9.17, 15) is 4.79 Å². The van der Waals surface area contributed by atoms with Crippen LogP contribution in [0, 0.1) is 0 Å². The number of hydrogen-bond acceptors (Lipinski definition) is 5. The van der Waals surface area contributed by atoms with Gasteiger partial charge in [0.15, 0.2) is 5.75 Å². The molecule has 0 unspecified atom stereocenters. The van der Waals surface area contributed by atoms with Gasteiger partial charge in [-0.15, -0.1) is 0 Å². The summed E-state index contributed by atoms with van der Waals surface area (Å²) in [5.41, 5.74) is 3.34. The third-order valence-electron chi connectivity index (χ3n) is 3.10. The van der Waals surface area contributed by atoms with Gasteiger partial charge < -0.3 is 9.15 Å². The lowest BCUT2D eigenvalue weighted by Gasteiger charge is -2.04. The minimum absolute atomic E-state index is 0.155. The van der Waals surface area contributed by atoms with Crippen molar-refractivity contribution < 1.29 is 13.9 Å². The van der Waals surface area contributed by atoms with E-state index in [1.165, 1.54) is 0 Å². The number of carbonyl (C=O) groups excluding carboxylic acids is 1. The first kappa shape index (κ1) is 13.2. The smallest absolute Gasteiger partial charge is 0.301 e. The van der Waals surface area contributed by atoms with Gasteiger partial charge in [0.1, 0.15) is 12.2 Å². The van der Waals surface area contributed by atoms with Crippen molar-refractivity contribution in [3.63, 3.8) is 0 Å². The van der Waals surface area contributed by atoms with E-state index in [4.69, 9.17) is 15.0 Å². The van der Waals surface area contributed by atoms with Gasteiger partial charge in [-0.3, -0.25) is 14.9 Å². The van der Waals surface area contributed by atoms with Gasteiger partial charge in [0.25, 0.3) is 0 Å². The second kappa shape index (κ2) is 5.29. The maximum Gasteiger partial charge on any atom is 0.301 e. The first-order chi connectivity index (χ1) is 10.2. The van der Waals surface area contributed by atoms with Crippen LogP contribution in [0.15, 0.2) is 41.1 Å². The van der Waals surface area contributed by atoms with E-state index in [1.807, 2.05) is 18.2 Å². The lowest BCUT2D eigenvalue weighted by atomic mass is 10.1. The molecule has 2 aromatic heterocycles. The van der Waals surface area contributed by atoms with Gasteiger partial charge in [-0.25, -0.2) is 5.84 Å². The monoisotopic (exact) mass is 286 g/mol. The van der Waals surface area contributed by atoms with Crippen molar-refractivity contribution in [3.05, 3.63) is 48.0 Å². The van der Waals surface area contributed by atoms with Crippen molar-refractivity contribution >= 4 is 16.9 Å². The van der Waals surface area contributed by atoms with Crippen LogP contribution in [-0.4, -0.2) is 15.7 Å². The lowest BCUT2D eigenvalue weighted by Crippen LogP contribution is -2.30. The standard InChI is InChI=1S/C14H14N4O3/c1-18-7-9(6-16-18)20-8-11-10-4-2-3-5-12(10)21-13(11)14(19)17-15/h2-7H,8,15H2,1H3,(H,17,19). The summed E-state index contributed by atoms with van der Waals surface area (Å²) < 4.78 is 12.8. The molecule has 0 atom stereocenters. The number of nitrogens with zero attached hydrogens (tertiary/aromatic N) is 2. The van der Waals surface area contributed by atoms with Crippen molar-refractivity contribution in [3.8, 4) is 5.75 Å². The minimum atomic E-state index is -0.490. The van der Waals surface area contributed by atoms with Gasteiger partial charge in [0.05, 0.1) is 12.4 Å². The molecule has 0 bridgehead atoms. The number of ether oxygens (including phenoxy) is 1. The molecule has 7 heteroatoms. The number of benzene rings is 1. The number of rotatable bonds is 4. The van der Waals surface area contributed by atoms with Crippen molar-refractivity contribution in [2.75, 3.05) is 0 Å². The molecule has 0 fully saturated rings. The van der Waals surface area contributed by atoms with E-state index in [1.54, 1.807) is 30.2 Å². The van der Waals surface area contributed by atoms with Crippen LogP contribution in [0.3, 0.4) is 0 Å². The molecule has 3 aromatic rings. The highest BCUT2D eigenvalue weighted by Gasteiger charge is 2.20. The third-order valence-corrected chi connectivity index (χ3v) is 3.10. The molecule has 2 heterocycles. The maximum absolute atomic E-state index is 11.8. The van der Waals surface area contributed by atoms with Gasteiger partial charge in [-0.05, 0) is 6.07 Å². The lowest BCUT2D eigenvalue weighted by molar-refractivity contribution is 0.0924. The SMILES string of the molecule is Cn1cc(OCc2c(C(=O)NN)oc3ccccc23)cn1. The molecule has 3 rings (SSSR count). The first-order valence-electron chi connectivity index (χ1n) is 6.32. The fourth-order valence-electron chi connectivity index (χ4n) is 2.12. The summed E-state index contributed by atoms with van der Waals surface area (Å²) >= 11 is 0. The average Bonchev–Trinajstić information content (AvgIpc) is 3.07. The summed E-state index contributed by atoms with van der Waals surface area (Å²) in [6.07, 6.45) is 3.34. The fraction of sp³-hybridized carbons (Fsp3) is 0.143. The largest absolute Gasteiger partial charge is 0.485 e. The van der Waals surface area contributed by atoms with Crippen LogP contribution < -0.4 is 16.0 Å². The van der Waals surface area contributed by atoms with E-state index in [0.29, 0.717) is 16.9 Å². The topological polar surface area (TPSA) is 95.3 Å². The molecular formula is C14H14N4O3. The predicted molar refractivity (Wildman–Crippen MR) is 75.4 cm³/mol. The van der Waals surface area contributed by atoms with E-state index in [-0.39, 0.29) is 12.4 Å². The van der Waals surface area contributed by atoms with Gasteiger partial charge in [0, 0.05) is 18.0 Å². The minimum Gasteiger partial charge on any atom is -0.485 e. The number of carbonyl (C=O) groups is 1. The Bertz CT molecular complexity index is 790. The molecule has 108 valence electrons. The van der Waals surface area contributed by atoms with Crippen LogP contribution in [0.25, 0.3) is 11.0 Å². The average molecular weight is 286 g/mol. The zero-order chi connectivity index (χ0) is 14.8. The molecule has 0 aliphatic rings. The Hall–Kier alpha value is -2.80. The van der Waals surface area contributed by atoms with Crippen LogP contribution in [0.1, 0.15) is 16.1 Å². The Morgan fingerprint density at radius 1 is 1.48 bits per heavy atom. The molecule has 21 heavy (non-hydrogen) atoms. The summed E-state index contributed by atoms with van der Waals surface area (Å²) in [7, 11) is 1.80. The van der Waals surface area contributed by atoms with Crippen molar-refractivity contribution in [2.24, 2.45) is 12.9 Å². The molecule has 0 radical (unpaired) electrons. The Kier molecular flexibility index (Phi) is 3.33. The molecule has 0 aliphatic heterocycles. The number of nitrogen functional groups attached to an aromatic ring is 1. The zero-order valence-electron chi connectivity index (χ0n) is 11.4. The number of nitrogens with one attached hydrogen (secondary N) is 1. The predicted octanol–water partition coefficient (Wildman–Crippen LogP) is 1.35. The van der Waals surface area contributed by atoms with Crippen LogP contribution in [-0.2, 0) is 13.7 Å². The molecule has 7 nitrogen and oxygen atoms in total. The second-order valence-corrected chi connectivity index (χ2v) is 4.52. The summed E-state index contributed by atoms with van der Waals surface area (Å²) in [5, 5.41) is 4.84. The Morgan fingerprint density at radius 2 is 2.29 bits per heavy atom. The summed E-state index contributed by atoms with van der Waals surface area (Å²) in [6, 6.07) is 7.36. The van der Waals surface area contributed by atoms with Crippen molar-refractivity contribution in [1.82, 2.24) is 15.2 Å². The quantitative estimate of drug-likeness (QED) is 0.429. The molecular weight excluding hydrogens is 272 g/mol. The van der Waals surface area contributed by atoms with Gasteiger partial charge in [-0.2, -0.15) is 5.10 Å². The van der Waals surface area contributed by atoms with Gasteiger partial charge in [-0.1, -0.05) is 18.2 Å². The van der Waals surface area contributed by atoms with Crippen LogP contribution in [0.4, 0.5) is 0 Å². The van der Waals surface area contributed by atoms with Gasteiger partial charge >= 0.3 is 5.91 Å². The molecule has 0 spiro atoms. The number of amides is 1. The van der Waals surface area contributed by atoms with Crippen LogP contribution >= 0.6 is 0 Å². The summed E-state index contributed by atoms with van der Waals surface area (Å²) in [6.45, 7) is 0.186. The number of fused-ring (bicyclic) bond motifs is 1. The Balaban J connectivity index is 1.96. The maximum atomic E-state index is 11.8. The molecule has 1 aromatic carbocycles. The molecule has 0 saturated heterocycles. The number of para-hydroxylation sites is 1. The molecule has 1 amide bonds. The normalized spacial score (nSPS) is 10.8. The number of furan rings is 1. The van der Waals surface area contributed by atoms with E-state index < -0.39 is 5.91 Å². The molecule has 3 N–H and O–H groups in total. The number of nitrogens with two attached hydrogens (primary N) is 1. The zero-order valence-corrected chi connectivity index (χ0v) is 11.4. The highest BCUT2D eigenvalue weighted by molar-refractivity contribution is 5.98. The Morgan fingerprint density at radius 3 is 3.00 bits per heavy atom. The highest BCUT2D eigenvalue weighted by atomic mass is 16.5. The van der Waals surface area contributed by atoms with Crippen LogP contribution in [0.5, 0.6) is 5.75 Å². The first-order valence-corrected chi connectivity index (χ1v) is 6.32. The number of aromatic nitrogens is 2. The Labute approximate surface area is 120 Å². The number of hydrazine groups is 1. The third kappa shape index (κ3) is 2.46. The van der Waals surface area contributed by atoms with Crippen molar-refractivity contribution in [2.45, 2.75) is 6.61 Å². The number of aryl methyl sites for hydroxylation is 1. The fourth-order valence-corrected chi connectivity index (χ4v) is 2.12. The molecule has 0 saturated carbocycles. The van der Waals surface area contributed by atoms with Crippen LogP contribution in [0.2, 0.25) is 0 Å². The van der Waals surface area contributed by atoms with E-state index in [0.717, 1.165) is 5.39 Å². The highest BCUT2D eigenvalue weighted by Crippen LogP contribution is 2.27. The summed E-state index contributed by atoms with van der Waals surface area (Å²) in [5.74, 6) is 5.47. The second-order valence-electron chi connectivity index (χ2n) is 4.52. The van der Waals surface area contributed by atoms with E-state index >= 15 is 0 Å². The molecule has 0 aliphatic carbocycles. The van der Waals surface area contributed by atoms with Gasteiger partial charge in [0.2, 0.25) is 5.76 Å². The summed E-state index contributed by atoms with van der Waals surface area (Å²) in [4.78, 5) is 11.8. The van der Waals surface area contributed by atoms with Crippen molar-refractivity contribution in [1.29, 1.82) is 0 Å². The van der Waals surface area contributed by atoms with E-state index in [2.05, 4.69) is 10.5 Å².